The zero-order valence-electron chi connectivity index (χ0n) is 10.4. The zero-order chi connectivity index (χ0) is 12.9. The van der Waals surface area contributed by atoms with Gasteiger partial charge in [-0.1, -0.05) is 6.92 Å². The van der Waals surface area contributed by atoms with E-state index in [1.165, 1.54) is 0 Å². The van der Waals surface area contributed by atoms with E-state index in [-0.39, 0.29) is 5.91 Å². The van der Waals surface area contributed by atoms with E-state index in [0.29, 0.717) is 25.2 Å². The molecule has 17 heavy (non-hydrogen) atoms. The van der Waals surface area contributed by atoms with Gasteiger partial charge in [-0.05, 0) is 13.3 Å². The first-order chi connectivity index (χ1) is 8.01. The van der Waals surface area contributed by atoms with Crippen LogP contribution in [0.5, 0.6) is 0 Å². The van der Waals surface area contributed by atoms with E-state index in [1.807, 2.05) is 13.0 Å². The molecule has 1 atom stereocenters. The van der Waals surface area contributed by atoms with E-state index in [1.54, 1.807) is 25.0 Å². The second-order valence-corrected chi connectivity index (χ2v) is 4.14. The molecule has 0 radical (unpaired) electrons. The molecular weight excluding hydrogens is 218 g/mol. The highest BCUT2D eigenvalue weighted by Gasteiger charge is 2.30. The Bertz CT molecular complexity index is 433. The molecule has 0 saturated heterocycles. The molecule has 0 bridgehead atoms. The van der Waals surface area contributed by atoms with Gasteiger partial charge in [-0.15, -0.1) is 0 Å². The molecule has 6 heteroatoms. The topological polar surface area (TPSA) is 83.6 Å². The van der Waals surface area contributed by atoms with Crippen LogP contribution < -0.4 is 5.32 Å². The van der Waals surface area contributed by atoms with Crippen molar-refractivity contribution in [3.8, 4) is 6.07 Å². The van der Waals surface area contributed by atoms with Crippen LogP contribution in [0.15, 0.2) is 6.33 Å². The van der Waals surface area contributed by atoms with Crippen LogP contribution in [0.4, 0.5) is 0 Å². The summed E-state index contributed by atoms with van der Waals surface area (Å²) >= 11 is 0. The Morgan fingerprint density at radius 2 is 2.41 bits per heavy atom. The Morgan fingerprint density at radius 3 is 2.88 bits per heavy atom. The molecular formula is C11H17N5O. The fourth-order valence-electron chi connectivity index (χ4n) is 1.27. The predicted molar refractivity (Wildman–Crippen MR) is 61.7 cm³/mol. The van der Waals surface area contributed by atoms with Crippen LogP contribution in [0.2, 0.25) is 0 Å². The van der Waals surface area contributed by atoms with Crippen molar-refractivity contribution in [2.75, 3.05) is 6.54 Å². The first kappa shape index (κ1) is 13.2. The summed E-state index contributed by atoms with van der Waals surface area (Å²) in [5, 5.41) is 15.8. The molecule has 6 nitrogen and oxygen atoms in total. The third kappa shape index (κ3) is 3.28. The molecule has 0 aliphatic heterocycles. The first-order valence-electron chi connectivity index (χ1n) is 5.56. The van der Waals surface area contributed by atoms with Crippen LogP contribution in [0.25, 0.3) is 0 Å². The van der Waals surface area contributed by atoms with E-state index in [0.717, 1.165) is 0 Å². The summed E-state index contributed by atoms with van der Waals surface area (Å²) < 4.78 is 1.61. The molecule has 0 aliphatic carbocycles. The van der Waals surface area contributed by atoms with Crippen molar-refractivity contribution in [3.05, 3.63) is 12.2 Å². The number of carbonyl (C=O) groups is 1. The number of aromatic nitrogens is 3. The maximum atomic E-state index is 11.7. The van der Waals surface area contributed by atoms with Gasteiger partial charge in [-0.25, -0.2) is 4.98 Å². The lowest BCUT2D eigenvalue weighted by Gasteiger charge is -2.18. The molecule has 1 heterocycles. The second kappa shape index (κ2) is 5.43. The van der Waals surface area contributed by atoms with Crippen molar-refractivity contribution < 1.29 is 4.79 Å². The molecule has 1 amide bonds. The SMILES string of the molecule is CCC(C)(C#N)C(=O)NCCc1ncn(C)n1. The van der Waals surface area contributed by atoms with Gasteiger partial charge < -0.3 is 5.32 Å². The Balaban J connectivity index is 2.42. The van der Waals surface area contributed by atoms with Crippen LogP contribution in [-0.4, -0.2) is 27.2 Å². The zero-order valence-corrected chi connectivity index (χ0v) is 10.4. The molecule has 0 fully saturated rings. The van der Waals surface area contributed by atoms with Gasteiger partial charge in [0.25, 0.3) is 0 Å². The number of rotatable bonds is 5. The number of hydrogen-bond acceptors (Lipinski definition) is 4. The number of carbonyl (C=O) groups excluding carboxylic acids is 1. The summed E-state index contributed by atoms with van der Waals surface area (Å²) in [4.78, 5) is 15.8. The van der Waals surface area contributed by atoms with Gasteiger partial charge in [-0.3, -0.25) is 9.48 Å². The number of aryl methyl sites for hydroxylation is 1. The molecule has 92 valence electrons. The smallest absolute Gasteiger partial charge is 0.240 e. The van der Waals surface area contributed by atoms with Crippen LogP contribution in [0.1, 0.15) is 26.1 Å². The van der Waals surface area contributed by atoms with Gasteiger partial charge >= 0.3 is 0 Å². The summed E-state index contributed by atoms with van der Waals surface area (Å²) in [6.07, 6.45) is 2.68. The van der Waals surface area contributed by atoms with Crippen molar-refractivity contribution >= 4 is 5.91 Å². The van der Waals surface area contributed by atoms with Crippen molar-refractivity contribution in [2.24, 2.45) is 12.5 Å². The second-order valence-electron chi connectivity index (χ2n) is 4.14. The van der Waals surface area contributed by atoms with Crippen molar-refractivity contribution in [3.63, 3.8) is 0 Å². The van der Waals surface area contributed by atoms with Crippen molar-refractivity contribution in [1.82, 2.24) is 20.1 Å². The molecule has 1 aromatic rings. The summed E-state index contributed by atoms with van der Waals surface area (Å²) in [6, 6.07) is 2.03. The molecule has 0 aromatic carbocycles. The van der Waals surface area contributed by atoms with E-state index in [9.17, 15) is 4.79 Å². The average molecular weight is 235 g/mol. The van der Waals surface area contributed by atoms with Crippen LogP contribution in [-0.2, 0) is 18.3 Å². The minimum atomic E-state index is -0.947. The Hall–Kier alpha value is -1.90. The van der Waals surface area contributed by atoms with Gasteiger partial charge in [0.05, 0.1) is 6.07 Å². The van der Waals surface area contributed by atoms with Crippen LogP contribution in [0.3, 0.4) is 0 Å². The van der Waals surface area contributed by atoms with E-state index in [4.69, 9.17) is 5.26 Å². The van der Waals surface area contributed by atoms with Gasteiger partial charge in [0.15, 0.2) is 5.82 Å². The maximum Gasteiger partial charge on any atom is 0.240 e. The average Bonchev–Trinajstić information content (AvgIpc) is 2.74. The quantitative estimate of drug-likeness (QED) is 0.801. The summed E-state index contributed by atoms with van der Waals surface area (Å²) in [5.41, 5.74) is -0.947. The third-order valence-electron chi connectivity index (χ3n) is 2.74. The molecule has 1 rings (SSSR count). The Morgan fingerprint density at radius 1 is 1.71 bits per heavy atom. The molecule has 0 aliphatic rings. The highest BCUT2D eigenvalue weighted by Crippen LogP contribution is 2.19. The molecule has 1 unspecified atom stereocenters. The summed E-state index contributed by atoms with van der Waals surface area (Å²) in [7, 11) is 1.79. The number of nitrogens with zero attached hydrogens (tertiary/aromatic N) is 4. The standard InChI is InChI=1S/C11H17N5O/c1-4-11(2,7-12)10(17)13-6-5-9-14-8-16(3)15-9/h8H,4-6H2,1-3H3,(H,13,17). The van der Waals surface area contributed by atoms with Gasteiger partial charge in [0.2, 0.25) is 5.91 Å². The van der Waals surface area contributed by atoms with E-state index in [2.05, 4.69) is 15.4 Å². The van der Waals surface area contributed by atoms with Gasteiger partial charge in [-0.2, -0.15) is 10.4 Å². The van der Waals surface area contributed by atoms with Gasteiger partial charge in [0, 0.05) is 20.0 Å². The summed E-state index contributed by atoms with van der Waals surface area (Å²) in [5.74, 6) is 0.446. The fourth-order valence-corrected chi connectivity index (χ4v) is 1.27. The van der Waals surface area contributed by atoms with E-state index < -0.39 is 5.41 Å². The normalized spacial score (nSPS) is 13.8. The first-order valence-corrected chi connectivity index (χ1v) is 5.56. The monoisotopic (exact) mass is 235 g/mol. The maximum absolute atomic E-state index is 11.7. The molecule has 0 saturated carbocycles. The summed E-state index contributed by atoms with van der Waals surface area (Å²) in [6.45, 7) is 3.91. The minimum Gasteiger partial charge on any atom is -0.354 e. The minimum absolute atomic E-state index is 0.238. The largest absolute Gasteiger partial charge is 0.354 e. The lowest BCUT2D eigenvalue weighted by Crippen LogP contribution is -2.38. The highest BCUT2D eigenvalue weighted by molar-refractivity contribution is 5.84. The predicted octanol–water partition coefficient (Wildman–Crippen LogP) is 0.414. The van der Waals surface area contributed by atoms with Crippen LogP contribution in [0, 0.1) is 16.7 Å². The third-order valence-corrected chi connectivity index (χ3v) is 2.74. The van der Waals surface area contributed by atoms with E-state index >= 15 is 0 Å². The lowest BCUT2D eigenvalue weighted by molar-refractivity contribution is -0.127. The Labute approximate surface area is 101 Å². The Kier molecular flexibility index (Phi) is 4.21. The molecule has 1 N–H and O–H groups in total. The molecule has 1 aromatic heterocycles. The number of nitriles is 1. The number of nitrogens with one attached hydrogen (secondary N) is 1. The fraction of sp³-hybridized carbons (Fsp3) is 0.636. The number of amides is 1. The van der Waals surface area contributed by atoms with Gasteiger partial charge in [0.1, 0.15) is 11.7 Å². The number of hydrogen-bond donors (Lipinski definition) is 1. The van der Waals surface area contributed by atoms with Crippen molar-refractivity contribution in [2.45, 2.75) is 26.7 Å². The molecule has 0 spiro atoms. The lowest BCUT2D eigenvalue weighted by atomic mass is 9.88. The van der Waals surface area contributed by atoms with Crippen molar-refractivity contribution in [1.29, 1.82) is 5.26 Å². The van der Waals surface area contributed by atoms with Crippen LogP contribution >= 0.6 is 0 Å². The highest BCUT2D eigenvalue weighted by atomic mass is 16.2.